The van der Waals surface area contributed by atoms with E-state index in [1.807, 2.05) is 0 Å². The number of amides is 1. The van der Waals surface area contributed by atoms with Gasteiger partial charge in [-0.1, -0.05) is 64.0 Å². The van der Waals surface area contributed by atoms with Crippen molar-refractivity contribution in [1.29, 1.82) is 0 Å². The summed E-state index contributed by atoms with van der Waals surface area (Å²) in [5, 5.41) is 3.07. The zero-order chi connectivity index (χ0) is 18.9. The summed E-state index contributed by atoms with van der Waals surface area (Å²) >= 11 is 0. The van der Waals surface area contributed by atoms with Crippen molar-refractivity contribution >= 4 is 16.9 Å². The largest absolute Gasteiger partial charge is 0.355 e. The number of carbonyl (C=O) groups is 1. The topological polar surface area (TPSA) is 46.9 Å². The van der Waals surface area contributed by atoms with Gasteiger partial charge < -0.3 is 9.88 Å². The molecule has 1 N–H and O–H groups in total. The number of para-hydroxylation sites is 2. The predicted molar refractivity (Wildman–Crippen MR) is 112 cm³/mol. The molecule has 0 aliphatic heterocycles. The molecule has 1 saturated carbocycles. The van der Waals surface area contributed by atoms with Crippen LogP contribution in [0.4, 0.5) is 0 Å². The Balaban J connectivity index is 1.48. The number of imidazole rings is 1. The van der Waals surface area contributed by atoms with Crippen LogP contribution in [0.15, 0.2) is 24.3 Å². The van der Waals surface area contributed by atoms with Gasteiger partial charge >= 0.3 is 0 Å². The SMILES string of the molecule is CCCCCCCCCCn1c(CCNC(=O)C2CC2)nc2ccccc21. The molecule has 0 unspecified atom stereocenters. The van der Waals surface area contributed by atoms with Gasteiger partial charge in [-0.05, 0) is 31.4 Å². The van der Waals surface area contributed by atoms with Crippen LogP contribution < -0.4 is 5.32 Å². The zero-order valence-electron chi connectivity index (χ0n) is 16.9. The summed E-state index contributed by atoms with van der Waals surface area (Å²) in [5.74, 6) is 1.61. The third-order valence-corrected chi connectivity index (χ3v) is 5.56. The van der Waals surface area contributed by atoms with Crippen molar-refractivity contribution in [2.45, 2.75) is 84.1 Å². The van der Waals surface area contributed by atoms with Gasteiger partial charge in [-0.2, -0.15) is 0 Å². The monoisotopic (exact) mass is 369 g/mol. The summed E-state index contributed by atoms with van der Waals surface area (Å²) in [6.07, 6.45) is 13.6. The Morgan fingerprint density at radius 3 is 2.52 bits per heavy atom. The molecule has 0 bridgehead atoms. The molecule has 1 heterocycles. The average molecular weight is 370 g/mol. The first-order valence-electron chi connectivity index (χ1n) is 11.0. The summed E-state index contributed by atoms with van der Waals surface area (Å²) in [4.78, 5) is 16.7. The van der Waals surface area contributed by atoms with Crippen LogP contribution in [0.3, 0.4) is 0 Å². The normalized spacial score (nSPS) is 14.0. The second-order valence-corrected chi connectivity index (χ2v) is 7.96. The van der Waals surface area contributed by atoms with Gasteiger partial charge in [0.05, 0.1) is 11.0 Å². The van der Waals surface area contributed by atoms with Gasteiger partial charge in [0, 0.05) is 25.4 Å². The first-order chi connectivity index (χ1) is 13.3. The van der Waals surface area contributed by atoms with Gasteiger partial charge in [-0.15, -0.1) is 0 Å². The number of fused-ring (bicyclic) bond motifs is 1. The van der Waals surface area contributed by atoms with E-state index in [2.05, 4.69) is 41.1 Å². The molecular formula is C23H35N3O. The molecule has 1 amide bonds. The number of carbonyl (C=O) groups excluding carboxylic acids is 1. The number of hydrogen-bond acceptors (Lipinski definition) is 2. The third-order valence-electron chi connectivity index (χ3n) is 5.56. The molecule has 4 nitrogen and oxygen atoms in total. The standard InChI is InChI=1S/C23H35N3O/c1-2-3-4-5-6-7-8-11-18-26-21-13-10-9-12-20(21)25-22(26)16-17-24-23(27)19-14-15-19/h9-10,12-13,19H,2-8,11,14-18H2,1H3,(H,24,27). The van der Waals surface area contributed by atoms with E-state index in [4.69, 9.17) is 4.98 Å². The summed E-state index contributed by atoms with van der Waals surface area (Å²) in [7, 11) is 0. The van der Waals surface area contributed by atoms with Gasteiger partial charge in [0.25, 0.3) is 0 Å². The van der Waals surface area contributed by atoms with Crippen LogP contribution in [-0.4, -0.2) is 22.0 Å². The van der Waals surface area contributed by atoms with E-state index >= 15 is 0 Å². The Morgan fingerprint density at radius 2 is 1.78 bits per heavy atom. The van der Waals surface area contributed by atoms with E-state index in [0.29, 0.717) is 6.54 Å². The van der Waals surface area contributed by atoms with Gasteiger partial charge in [-0.3, -0.25) is 4.79 Å². The smallest absolute Gasteiger partial charge is 0.223 e. The van der Waals surface area contributed by atoms with E-state index in [-0.39, 0.29) is 11.8 Å². The van der Waals surface area contributed by atoms with Crippen LogP contribution in [0, 0.1) is 5.92 Å². The fourth-order valence-corrected chi connectivity index (χ4v) is 3.76. The van der Waals surface area contributed by atoms with Crippen LogP contribution in [0.25, 0.3) is 11.0 Å². The number of nitrogens with one attached hydrogen (secondary N) is 1. The molecule has 1 fully saturated rings. The van der Waals surface area contributed by atoms with Crippen molar-refractivity contribution in [1.82, 2.24) is 14.9 Å². The first-order valence-corrected chi connectivity index (χ1v) is 11.0. The maximum absolute atomic E-state index is 11.9. The number of aryl methyl sites for hydroxylation is 1. The lowest BCUT2D eigenvalue weighted by molar-refractivity contribution is -0.122. The van der Waals surface area contributed by atoms with E-state index in [1.165, 1.54) is 56.9 Å². The van der Waals surface area contributed by atoms with Crippen molar-refractivity contribution in [3.8, 4) is 0 Å². The average Bonchev–Trinajstić information content (AvgIpc) is 3.47. The summed E-state index contributed by atoms with van der Waals surface area (Å²) in [6.45, 7) is 3.99. The van der Waals surface area contributed by atoms with Gasteiger partial charge in [-0.25, -0.2) is 4.98 Å². The van der Waals surface area contributed by atoms with Gasteiger partial charge in [0.2, 0.25) is 5.91 Å². The highest BCUT2D eigenvalue weighted by Gasteiger charge is 2.29. The van der Waals surface area contributed by atoms with Crippen molar-refractivity contribution in [2.24, 2.45) is 5.92 Å². The van der Waals surface area contributed by atoms with E-state index in [1.54, 1.807) is 0 Å². The molecule has 0 saturated heterocycles. The number of benzene rings is 1. The highest BCUT2D eigenvalue weighted by Crippen LogP contribution is 2.28. The lowest BCUT2D eigenvalue weighted by atomic mass is 10.1. The molecule has 0 spiro atoms. The molecule has 2 aromatic rings. The molecule has 0 atom stereocenters. The second-order valence-electron chi connectivity index (χ2n) is 7.96. The molecule has 0 radical (unpaired) electrons. The minimum absolute atomic E-state index is 0.223. The van der Waals surface area contributed by atoms with Crippen LogP contribution >= 0.6 is 0 Å². The fourth-order valence-electron chi connectivity index (χ4n) is 3.76. The molecule has 27 heavy (non-hydrogen) atoms. The molecule has 1 aromatic carbocycles. The second kappa shape index (κ2) is 10.5. The van der Waals surface area contributed by atoms with Crippen molar-refractivity contribution < 1.29 is 4.79 Å². The van der Waals surface area contributed by atoms with E-state index < -0.39 is 0 Å². The molecule has 3 rings (SSSR count). The number of aromatic nitrogens is 2. The molecule has 1 aliphatic carbocycles. The number of unbranched alkanes of at least 4 members (excludes halogenated alkanes) is 7. The predicted octanol–water partition coefficient (Wildman–Crippen LogP) is 5.25. The number of nitrogens with zero attached hydrogens (tertiary/aromatic N) is 2. The van der Waals surface area contributed by atoms with Crippen LogP contribution in [0.5, 0.6) is 0 Å². The lowest BCUT2D eigenvalue weighted by Crippen LogP contribution is -2.27. The molecular weight excluding hydrogens is 334 g/mol. The first kappa shape index (κ1) is 19.9. The van der Waals surface area contributed by atoms with Gasteiger partial charge in [0.15, 0.2) is 0 Å². The Hall–Kier alpha value is -1.84. The van der Waals surface area contributed by atoms with Crippen LogP contribution in [0.2, 0.25) is 0 Å². The molecule has 1 aromatic heterocycles. The van der Waals surface area contributed by atoms with Crippen LogP contribution in [-0.2, 0) is 17.8 Å². The molecule has 4 heteroatoms. The fraction of sp³-hybridized carbons (Fsp3) is 0.652. The Morgan fingerprint density at radius 1 is 1.07 bits per heavy atom. The Bertz CT molecular complexity index is 717. The third kappa shape index (κ3) is 6.08. The lowest BCUT2D eigenvalue weighted by Gasteiger charge is -2.10. The number of rotatable bonds is 13. The zero-order valence-corrected chi connectivity index (χ0v) is 16.9. The molecule has 148 valence electrons. The maximum atomic E-state index is 11.9. The number of hydrogen-bond donors (Lipinski definition) is 1. The highest BCUT2D eigenvalue weighted by molar-refractivity contribution is 5.80. The Kier molecular flexibility index (Phi) is 7.73. The minimum atomic E-state index is 0.223. The van der Waals surface area contributed by atoms with Crippen molar-refractivity contribution in [3.05, 3.63) is 30.1 Å². The molecule has 1 aliphatic rings. The van der Waals surface area contributed by atoms with Crippen molar-refractivity contribution in [2.75, 3.05) is 6.54 Å². The summed E-state index contributed by atoms with van der Waals surface area (Å²) in [5.41, 5.74) is 2.30. The maximum Gasteiger partial charge on any atom is 0.223 e. The van der Waals surface area contributed by atoms with E-state index in [0.717, 1.165) is 37.1 Å². The quantitative estimate of drug-likeness (QED) is 0.490. The van der Waals surface area contributed by atoms with Gasteiger partial charge in [0.1, 0.15) is 5.82 Å². The van der Waals surface area contributed by atoms with E-state index in [9.17, 15) is 4.79 Å². The minimum Gasteiger partial charge on any atom is -0.355 e. The summed E-state index contributed by atoms with van der Waals surface area (Å²) < 4.78 is 2.37. The van der Waals surface area contributed by atoms with Crippen molar-refractivity contribution in [3.63, 3.8) is 0 Å². The Labute approximate surface area is 163 Å². The highest BCUT2D eigenvalue weighted by atomic mass is 16.2. The van der Waals surface area contributed by atoms with Crippen LogP contribution in [0.1, 0.15) is 77.0 Å². The summed E-state index contributed by atoms with van der Waals surface area (Å²) in [6, 6.07) is 8.40.